The van der Waals surface area contributed by atoms with Crippen LogP contribution in [0.3, 0.4) is 0 Å². The molecule has 106 valence electrons. The van der Waals surface area contributed by atoms with Crippen molar-refractivity contribution < 1.29 is 14.0 Å². The van der Waals surface area contributed by atoms with E-state index in [1.807, 2.05) is 6.92 Å². The summed E-state index contributed by atoms with van der Waals surface area (Å²) in [7, 11) is 0. The fourth-order valence-electron chi connectivity index (χ4n) is 2.02. The van der Waals surface area contributed by atoms with Crippen LogP contribution in [0.15, 0.2) is 29.3 Å². The molecule has 20 heavy (non-hydrogen) atoms. The minimum absolute atomic E-state index is 0.0394. The van der Waals surface area contributed by atoms with Gasteiger partial charge in [0, 0.05) is 18.0 Å². The van der Waals surface area contributed by atoms with E-state index in [4.69, 9.17) is 5.73 Å². The van der Waals surface area contributed by atoms with Gasteiger partial charge in [-0.2, -0.15) is 4.99 Å². The predicted molar refractivity (Wildman–Crippen MR) is 72.6 cm³/mol. The van der Waals surface area contributed by atoms with Gasteiger partial charge in [0.25, 0.3) is 5.91 Å². The molecule has 0 fully saturated rings. The van der Waals surface area contributed by atoms with Gasteiger partial charge in [0.2, 0.25) is 5.91 Å². The zero-order chi connectivity index (χ0) is 14.7. The highest BCUT2D eigenvalue weighted by molar-refractivity contribution is 6.19. The van der Waals surface area contributed by atoms with Gasteiger partial charge in [0.15, 0.2) is 0 Å². The largest absolute Gasteiger partial charge is 0.327 e. The minimum Gasteiger partial charge on any atom is -0.327 e. The fourth-order valence-corrected chi connectivity index (χ4v) is 2.02. The van der Waals surface area contributed by atoms with E-state index in [0.29, 0.717) is 12.8 Å². The molecule has 0 saturated carbocycles. The molecule has 2 rings (SSSR count). The van der Waals surface area contributed by atoms with Crippen molar-refractivity contribution in [2.24, 2.45) is 10.7 Å². The van der Waals surface area contributed by atoms with E-state index in [2.05, 4.69) is 10.3 Å². The third-order valence-corrected chi connectivity index (χ3v) is 3.22. The highest BCUT2D eigenvalue weighted by atomic mass is 19.1. The fraction of sp³-hybridized carbons (Fsp3) is 0.357. The van der Waals surface area contributed by atoms with Crippen molar-refractivity contribution in [3.63, 3.8) is 0 Å². The molecular weight excluding hydrogens is 261 g/mol. The van der Waals surface area contributed by atoms with Gasteiger partial charge >= 0.3 is 0 Å². The van der Waals surface area contributed by atoms with Crippen molar-refractivity contribution in [3.8, 4) is 0 Å². The van der Waals surface area contributed by atoms with Crippen LogP contribution in [0, 0.1) is 5.82 Å². The number of amides is 2. The number of carbonyl (C=O) groups excluding carboxylic acids is 2. The zero-order valence-corrected chi connectivity index (χ0v) is 11.1. The van der Waals surface area contributed by atoms with Crippen molar-refractivity contribution in [2.45, 2.75) is 31.7 Å². The molecule has 0 aliphatic carbocycles. The Morgan fingerprint density at radius 2 is 2.10 bits per heavy atom. The van der Waals surface area contributed by atoms with Crippen LogP contribution in [0.1, 0.15) is 31.2 Å². The molecule has 2 unspecified atom stereocenters. The van der Waals surface area contributed by atoms with Crippen molar-refractivity contribution >= 4 is 17.6 Å². The van der Waals surface area contributed by atoms with Crippen molar-refractivity contribution in [1.82, 2.24) is 5.32 Å². The summed E-state index contributed by atoms with van der Waals surface area (Å²) < 4.78 is 13.7. The standard InChI is InChI=1S/C14H16FN3O2/c1-2-8(16)7-11-17-13(19)12(14(20)18-11)9-5-3-4-6-10(9)15/h3-6,8,12H,2,7,16H2,1H3,(H,17,18,19,20). The van der Waals surface area contributed by atoms with Gasteiger partial charge in [-0.05, 0) is 12.5 Å². The molecule has 5 nitrogen and oxygen atoms in total. The van der Waals surface area contributed by atoms with Crippen LogP contribution in [-0.2, 0) is 9.59 Å². The van der Waals surface area contributed by atoms with Crippen LogP contribution >= 0.6 is 0 Å². The summed E-state index contributed by atoms with van der Waals surface area (Å²) in [4.78, 5) is 27.8. The highest BCUT2D eigenvalue weighted by Gasteiger charge is 2.35. The van der Waals surface area contributed by atoms with Gasteiger partial charge in [-0.1, -0.05) is 25.1 Å². The van der Waals surface area contributed by atoms with Crippen molar-refractivity contribution in [1.29, 1.82) is 0 Å². The molecule has 0 spiro atoms. The quantitative estimate of drug-likeness (QED) is 0.808. The lowest BCUT2D eigenvalue weighted by molar-refractivity contribution is -0.130. The summed E-state index contributed by atoms with van der Waals surface area (Å²) in [6.45, 7) is 1.90. The monoisotopic (exact) mass is 277 g/mol. The van der Waals surface area contributed by atoms with Gasteiger partial charge in [0.1, 0.15) is 17.6 Å². The SMILES string of the molecule is CCC(N)CC1=NC(=O)C(c2ccccc2F)C(=O)N1. The van der Waals surface area contributed by atoms with E-state index in [0.717, 1.165) is 0 Å². The van der Waals surface area contributed by atoms with Crippen LogP contribution in [0.4, 0.5) is 4.39 Å². The molecule has 0 radical (unpaired) electrons. The van der Waals surface area contributed by atoms with Gasteiger partial charge in [0.05, 0.1) is 0 Å². The summed E-state index contributed by atoms with van der Waals surface area (Å²) in [5, 5.41) is 2.53. The van der Waals surface area contributed by atoms with E-state index in [-0.39, 0.29) is 17.4 Å². The van der Waals surface area contributed by atoms with E-state index in [1.54, 1.807) is 6.07 Å². The number of halogens is 1. The molecular formula is C14H16FN3O2. The Bertz CT molecular complexity index is 571. The maximum Gasteiger partial charge on any atom is 0.264 e. The van der Waals surface area contributed by atoms with E-state index in [1.165, 1.54) is 18.2 Å². The average Bonchev–Trinajstić information content (AvgIpc) is 2.40. The van der Waals surface area contributed by atoms with Crippen LogP contribution in [0.25, 0.3) is 0 Å². The molecule has 0 aromatic heterocycles. The van der Waals surface area contributed by atoms with E-state index < -0.39 is 23.5 Å². The smallest absolute Gasteiger partial charge is 0.264 e. The molecule has 2 amide bonds. The molecule has 1 aliphatic rings. The molecule has 0 saturated heterocycles. The lowest BCUT2D eigenvalue weighted by Crippen LogP contribution is -2.44. The number of nitrogens with two attached hydrogens (primary N) is 1. The number of nitrogens with one attached hydrogen (secondary N) is 1. The first-order valence-corrected chi connectivity index (χ1v) is 6.45. The Balaban J connectivity index is 2.25. The third kappa shape index (κ3) is 2.91. The average molecular weight is 277 g/mol. The molecule has 1 aliphatic heterocycles. The van der Waals surface area contributed by atoms with E-state index >= 15 is 0 Å². The Hall–Kier alpha value is -2.08. The van der Waals surface area contributed by atoms with Gasteiger partial charge in [-0.3, -0.25) is 9.59 Å². The molecule has 3 N–H and O–H groups in total. The number of amidine groups is 1. The third-order valence-electron chi connectivity index (χ3n) is 3.22. The van der Waals surface area contributed by atoms with Crippen LogP contribution in [-0.4, -0.2) is 23.7 Å². The zero-order valence-electron chi connectivity index (χ0n) is 11.1. The van der Waals surface area contributed by atoms with E-state index in [9.17, 15) is 14.0 Å². The van der Waals surface area contributed by atoms with Crippen LogP contribution in [0.5, 0.6) is 0 Å². The number of nitrogens with zero attached hydrogens (tertiary/aromatic N) is 1. The van der Waals surface area contributed by atoms with Crippen LogP contribution < -0.4 is 11.1 Å². The minimum atomic E-state index is -1.22. The molecule has 1 aromatic rings. The predicted octanol–water partition coefficient (Wildman–Crippen LogP) is 1.09. The number of carbonyl (C=O) groups is 2. The summed E-state index contributed by atoms with van der Waals surface area (Å²) in [5.41, 5.74) is 5.80. The lowest BCUT2D eigenvalue weighted by atomic mass is 9.95. The molecule has 6 heteroatoms. The second-order valence-electron chi connectivity index (χ2n) is 4.71. The number of aliphatic imine (C=N–C) groups is 1. The molecule has 1 aromatic carbocycles. The lowest BCUT2D eigenvalue weighted by Gasteiger charge is -2.22. The van der Waals surface area contributed by atoms with Gasteiger partial charge in [-0.15, -0.1) is 0 Å². The summed E-state index contributed by atoms with van der Waals surface area (Å²) >= 11 is 0. The van der Waals surface area contributed by atoms with Crippen molar-refractivity contribution in [3.05, 3.63) is 35.6 Å². The molecule has 2 atom stereocenters. The first-order chi connectivity index (χ1) is 9.52. The first-order valence-electron chi connectivity index (χ1n) is 6.45. The summed E-state index contributed by atoms with van der Waals surface area (Å²) in [6.07, 6.45) is 1.03. The topological polar surface area (TPSA) is 84.5 Å². The maximum absolute atomic E-state index is 13.7. The van der Waals surface area contributed by atoms with Gasteiger partial charge in [-0.25, -0.2) is 4.39 Å². The van der Waals surface area contributed by atoms with Gasteiger partial charge < -0.3 is 11.1 Å². The number of rotatable bonds is 4. The normalized spacial score (nSPS) is 20.4. The Kier molecular flexibility index (Phi) is 4.24. The molecule has 0 bridgehead atoms. The van der Waals surface area contributed by atoms with Crippen molar-refractivity contribution in [2.75, 3.05) is 0 Å². The first kappa shape index (κ1) is 14.3. The Morgan fingerprint density at radius 3 is 2.70 bits per heavy atom. The maximum atomic E-state index is 13.7. The van der Waals surface area contributed by atoms with Crippen LogP contribution in [0.2, 0.25) is 0 Å². The second-order valence-corrected chi connectivity index (χ2v) is 4.71. The Morgan fingerprint density at radius 1 is 1.40 bits per heavy atom. The molecule has 1 heterocycles. The summed E-state index contributed by atoms with van der Waals surface area (Å²) in [5.74, 6) is -2.78. The number of hydrogen-bond acceptors (Lipinski definition) is 3. The number of benzene rings is 1. The second kappa shape index (κ2) is 5.92. The summed E-state index contributed by atoms with van der Waals surface area (Å²) in [6, 6.07) is 5.52. The Labute approximate surface area is 116 Å². The highest BCUT2D eigenvalue weighted by Crippen LogP contribution is 2.23. The number of hydrogen-bond donors (Lipinski definition) is 2.